The summed E-state index contributed by atoms with van der Waals surface area (Å²) < 4.78 is 36.8. The van der Waals surface area contributed by atoms with Gasteiger partial charge >= 0.3 is 0 Å². The number of amides is 1. The van der Waals surface area contributed by atoms with E-state index in [1.807, 2.05) is 0 Å². The number of halogens is 2. The molecular formula is C21H26F2N4O3. The summed E-state index contributed by atoms with van der Waals surface area (Å²) >= 11 is 0. The second kappa shape index (κ2) is 9.09. The quantitative estimate of drug-likeness (QED) is 0.748. The van der Waals surface area contributed by atoms with Crippen molar-refractivity contribution in [3.05, 3.63) is 47.4 Å². The Morgan fingerprint density at radius 2 is 2.03 bits per heavy atom. The van der Waals surface area contributed by atoms with E-state index in [-0.39, 0.29) is 30.0 Å². The number of hydrogen-bond acceptors (Lipinski definition) is 6. The monoisotopic (exact) mass is 420 g/mol. The Hall–Kier alpha value is -2.52. The van der Waals surface area contributed by atoms with Crippen LogP contribution >= 0.6 is 0 Å². The molecule has 2 N–H and O–H groups in total. The fraction of sp³-hybridized carbons (Fsp3) is 0.524. The third-order valence-electron chi connectivity index (χ3n) is 5.91. The summed E-state index contributed by atoms with van der Waals surface area (Å²) in [7, 11) is 1.75. The summed E-state index contributed by atoms with van der Waals surface area (Å²) in [6.45, 7) is 0.521. The van der Waals surface area contributed by atoms with Crippen molar-refractivity contribution < 1.29 is 22.8 Å². The van der Waals surface area contributed by atoms with Crippen LogP contribution in [-0.2, 0) is 6.61 Å². The van der Waals surface area contributed by atoms with Crippen molar-refractivity contribution in [2.45, 2.75) is 50.8 Å². The van der Waals surface area contributed by atoms with Gasteiger partial charge in [0.15, 0.2) is 23.1 Å². The molecular weight excluding hydrogens is 394 g/mol. The molecule has 1 aliphatic carbocycles. The second-order valence-electron chi connectivity index (χ2n) is 8.03. The van der Waals surface area contributed by atoms with Gasteiger partial charge in [-0.1, -0.05) is 24.4 Å². The standard InChI is InChI=1S/C21H26F2N4O3/c1-27(11-20-15-5-3-2-4-6-18(15)24-25-20)21(28)19-10-14(30-26-19)12-29-13-7-8-16(22)17(23)9-13/h7-10,15,18,20,24-25H,2-6,11-12H2,1H3. The summed E-state index contributed by atoms with van der Waals surface area (Å²) in [4.78, 5) is 14.4. The van der Waals surface area contributed by atoms with Gasteiger partial charge in [0.05, 0.1) is 0 Å². The average Bonchev–Trinajstić information content (AvgIpc) is 3.29. The van der Waals surface area contributed by atoms with Gasteiger partial charge in [-0.05, 0) is 30.9 Å². The van der Waals surface area contributed by atoms with Crippen molar-refractivity contribution >= 4 is 5.91 Å². The molecule has 3 unspecified atom stereocenters. The summed E-state index contributed by atoms with van der Waals surface area (Å²) in [5.41, 5.74) is 6.92. The van der Waals surface area contributed by atoms with Crippen LogP contribution in [0.5, 0.6) is 5.75 Å². The number of rotatable bonds is 6. The van der Waals surface area contributed by atoms with Crippen molar-refractivity contribution in [1.29, 1.82) is 0 Å². The van der Waals surface area contributed by atoms with E-state index >= 15 is 0 Å². The maximum atomic E-state index is 13.2. The third kappa shape index (κ3) is 4.62. The van der Waals surface area contributed by atoms with E-state index in [1.165, 1.54) is 31.4 Å². The van der Waals surface area contributed by atoms with E-state index in [1.54, 1.807) is 11.9 Å². The normalized spacial score (nSPS) is 23.6. The lowest BCUT2D eigenvalue weighted by Gasteiger charge is -2.25. The number of nitrogens with zero attached hydrogens (tertiary/aromatic N) is 2. The molecule has 4 rings (SSSR count). The van der Waals surface area contributed by atoms with Crippen LogP contribution in [0.25, 0.3) is 0 Å². The van der Waals surface area contributed by atoms with E-state index in [4.69, 9.17) is 9.26 Å². The van der Waals surface area contributed by atoms with Gasteiger partial charge in [0.25, 0.3) is 5.91 Å². The smallest absolute Gasteiger partial charge is 0.275 e. The highest BCUT2D eigenvalue weighted by molar-refractivity contribution is 5.92. The first-order chi connectivity index (χ1) is 14.5. The predicted molar refractivity (Wildman–Crippen MR) is 105 cm³/mol. The Balaban J connectivity index is 1.32. The molecule has 1 saturated carbocycles. The maximum Gasteiger partial charge on any atom is 0.275 e. The molecule has 0 bridgehead atoms. The van der Waals surface area contributed by atoms with Crippen molar-refractivity contribution in [2.24, 2.45) is 5.92 Å². The maximum absolute atomic E-state index is 13.2. The summed E-state index contributed by atoms with van der Waals surface area (Å²) in [6, 6.07) is 5.43. The summed E-state index contributed by atoms with van der Waals surface area (Å²) in [5.74, 6) is -1.18. The topological polar surface area (TPSA) is 79.6 Å². The number of aromatic nitrogens is 1. The predicted octanol–water partition coefficient (Wildman–Crippen LogP) is 3.03. The molecule has 2 fully saturated rings. The largest absolute Gasteiger partial charge is 0.485 e. The fourth-order valence-corrected chi connectivity index (χ4v) is 4.28. The molecule has 162 valence electrons. The molecule has 1 aliphatic heterocycles. The minimum Gasteiger partial charge on any atom is -0.485 e. The van der Waals surface area contributed by atoms with Crippen molar-refractivity contribution in [1.82, 2.24) is 20.9 Å². The van der Waals surface area contributed by atoms with E-state index in [0.29, 0.717) is 24.3 Å². The molecule has 2 aromatic rings. The van der Waals surface area contributed by atoms with Crippen LogP contribution in [-0.4, -0.2) is 41.6 Å². The highest BCUT2D eigenvalue weighted by atomic mass is 19.2. The zero-order valence-corrected chi connectivity index (χ0v) is 16.9. The Morgan fingerprint density at radius 3 is 2.87 bits per heavy atom. The van der Waals surface area contributed by atoms with Crippen LogP contribution in [0.4, 0.5) is 8.78 Å². The van der Waals surface area contributed by atoms with Gasteiger partial charge in [-0.15, -0.1) is 0 Å². The van der Waals surface area contributed by atoms with E-state index in [2.05, 4.69) is 16.0 Å². The zero-order chi connectivity index (χ0) is 21.1. The third-order valence-corrected chi connectivity index (χ3v) is 5.91. The van der Waals surface area contributed by atoms with Crippen LogP contribution in [0.1, 0.15) is 48.4 Å². The first kappa shape index (κ1) is 20.7. The summed E-state index contributed by atoms with van der Waals surface area (Å²) in [5, 5.41) is 3.84. The number of carbonyl (C=O) groups is 1. The minimum absolute atomic E-state index is 0.0487. The SMILES string of the molecule is CN(CC1NNC2CCCCCC21)C(=O)c1cc(COc2ccc(F)c(F)c2)on1. The number of likely N-dealkylation sites (N-methyl/N-ethyl adjacent to an activating group) is 1. The van der Waals surface area contributed by atoms with E-state index in [9.17, 15) is 13.6 Å². The number of ether oxygens (including phenoxy) is 1. The first-order valence-corrected chi connectivity index (χ1v) is 10.3. The molecule has 2 aliphatic rings. The second-order valence-corrected chi connectivity index (χ2v) is 8.03. The number of hydrogen-bond donors (Lipinski definition) is 2. The lowest BCUT2D eigenvalue weighted by Crippen LogP contribution is -2.43. The molecule has 7 nitrogen and oxygen atoms in total. The lowest BCUT2D eigenvalue weighted by molar-refractivity contribution is 0.0763. The van der Waals surface area contributed by atoms with E-state index in [0.717, 1.165) is 25.0 Å². The van der Waals surface area contributed by atoms with Crippen LogP contribution in [0.15, 0.2) is 28.8 Å². The lowest BCUT2D eigenvalue weighted by atomic mass is 9.90. The number of fused-ring (bicyclic) bond motifs is 1. The molecule has 1 aromatic heterocycles. The molecule has 0 radical (unpaired) electrons. The highest BCUT2D eigenvalue weighted by Gasteiger charge is 2.37. The Morgan fingerprint density at radius 1 is 1.20 bits per heavy atom. The molecule has 1 aromatic carbocycles. The van der Waals surface area contributed by atoms with Crippen molar-refractivity contribution in [2.75, 3.05) is 13.6 Å². The summed E-state index contributed by atoms with van der Waals surface area (Å²) in [6.07, 6.45) is 6.06. The Bertz CT molecular complexity index is 891. The molecule has 1 saturated heterocycles. The van der Waals surface area contributed by atoms with Gasteiger partial charge in [0, 0.05) is 37.8 Å². The number of benzene rings is 1. The van der Waals surface area contributed by atoms with Gasteiger partial charge in [0.2, 0.25) is 0 Å². The van der Waals surface area contributed by atoms with Gasteiger partial charge in [-0.25, -0.2) is 8.78 Å². The van der Waals surface area contributed by atoms with Crippen LogP contribution in [0.3, 0.4) is 0 Å². The molecule has 30 heavy (non-hydrogen) atoms. The van der Waals surface area contributed by atoms with Crippen LogP contribution in [0.2, 0.25) is 0 Å². The van der Waals surface area contributed by atoms with Crippen molar-refractivity contribution in [3.63, 3.8) is 0 Å². The van der Waals surface area contributed by atoms with Crippen molar-refractivity contribution in [3.8, 4) is 5.75 Å². The van der Waals surface area contributed by atoms with Gasteiger partial charge in [-0.2, -0.15) is 0 Å². The van der Waals surface area contributed by atoms with Gasteiger partial charge in [-0.3, -0.25) is 15.6 Å². The van der Waals surface area contributed by atoms with Gasteiger partial charge < -0.3 is 14.2 Å². The molecule has 3 atom stereocenters. The molecule has 9 heteroatoms. The number of nitrogens with one attached hydrogen (secondary N) is 2. The molecule has 1 amide bonds. The van der Waals surface area contributed by atoms with Gasteiger partial charge in [0.1, 0.15) is 12.4 Å². The zero-order valence-electron chi connectivity index (χ0n) is 16.9. The van der Waals surface area contributed by atoms with Crippen LogP contribution < -0.4 is 15.6 Å². The number of hydrazine groups is 1. The van der Waals surface area contributed by atoms with E-state index < -0.39 is 11.6 Å². The highest BCUT2D eigenvalue weighted by Crippen LogP contribution is 2.29. The van der Waals surface area contributed by atoms with Crippen LogP contribution in [0, 0.1) is 17.6 Å². The average molecular weight is 420 g/mol. The molecule has 2 heterocycles. The Labute approximate surface area is 173 Å². The molecule has 0 spiro atoms. The minimum atomic E-state index is -0.992. The fourth-order valence-electron chi connectivity index (χ4n) is 4.28. The Kier molecular flexibility index (Phi) is 6.29. The number of carbonyl (C=O) groups excluding carboxylic acids is 1. The first-order valence-electron chi connectivity index (χ1n) is 10.3.